The fourth-order valence-electron chi connectivity index (χ4n) is 8.02. The molecule has 10 rings (SSSR count). The topological polar surface area (TPSA) is 38.7 Å². The van der Waals surface area contributed by atoms with E-state index in [1.807, 2.05) is 29.5 Å². The summed E-state index contributed by atoms with van der Waals surface area (Å²) in [6, 6.07) is 44.0. The predicted octanol–water partition coefficient (Wildman–Crippen LogP) is 13.7. The molecule has 0 aliphatic heterocycles. The molecular formula is C51H39N3S. The van der Waals surface area contributed by atoms with E-state index in [1.165, 1.54) is 59.1 Å². The van der Waals surface area contributed by atoms with Gasteiger partial charge in [0, 0.05) is 37.2 Å². The number of fused-ring (bicyclic) bond motifs is 3. The van der Waals surface area contributed by atoms with Crippen LogP contribution < -0.4 is 0 Å². The first-order valence-electron chi connectivity index (χ1n) is 19.3. The Morgan fingerprint density at radius 1 is 0.473 bits per heavy atom. The van der Waals surface area contributed by atoms with Gasteiger partial charge in [0.2, 0.25) is 0 Å². The molecule has 0 spiro atoms. The van der Waals surface area contributed by atoms with Crippen LogP contribution in [0.5, 0.6) is 0 Å². The van der Waals surface area contributed by atoms with Crippen LogP contribution in [-0.4, -0.2) is 15.0 Å². The molecule has 7 aromatic rings. The van der Waals surface area contributed by atoms with Gasteiger partial charge in [0.15, 0.2) is 17.5 Å². The number of hydrogen-bond donors (Lipinski definition) is 0. The fraction of sp³-hybridized carbons (Fsp3) is 0.118. The lowest BCUT2D eigenvalue weighted by Crippen LogP contribution is -2.09. The Balaban J connectivity index is 1.10. The third-order valence-electron chi connectivity index (χ3n) is 10.9. The summed E-state index contributed by atoms with van der Waals surface area (Å²) in [4.78, 5) is 15.4. The van der Waals surface area contributed by atoms with Crippen LogP contribution >= 0.6 is 11.3 Å². The highest BCUT2D eigenvalue weighted by Gasteiger charge is 2.24. The SMILES string of the molecule is C1=CC(c2ccc(C3=CC(c4ccc5sc6ccc(-c7ccccc7)cc6c5c4)CC(c4nc(C5=CCCC=C5)nc(-c5ccccc5)n4)=C3)cc2)=CCC1. The van der Waals surface area contributed by atoms with Gasteiger partial charge < -0.3 is 0 Å². The largest absolute Gasteiger partial charge is 0.209 e. The summed E-state index contributed by atoms with van der Waals surface area (Å²) in [5.74, 6) is 2.30. The standard InChI is InChI=1S/C51H39N3S/c1-5-13-34(14-6-1)36-21-23-37(24-22-36)42-29-43(41-26-28-48-46(33-41)45-32-40(25-27-47(45)55-48)35-15-7-2-8-16-35)31-44(30-42)51-53-49(38-17-9-3-10-18-38)52-50(54-51)39-19-11-4-12-20-39/h2-3,5,7-11,13-30,32-33,43H,1,4,6,12,31H2. The second-order valence-electron chi connectivity index (χ2n) is 14.6. The molecule has 0 bridgehead atoms. The minimum atomic E-state index is 0.129. The van der Waals surface area contributed by atoms with Crippen LogP contribution in [0.3, 0.4) is 0 Å². The molecule has 3 aliphatic carbocycles. The van der Waals surface area contributed by atoms with Gasteiger partial charge in [-0.25, -0.2) is 15.0 Å². The normalized spacial score (nSPS) is 16.8. The Labute approximate surface area is 326 Å². The van der Waals surface area contributed by atoms with E-state index in [0.717, 1.165) is 60.5 Å². The second kappa shape index (κ2) is 14.5. The Bertz CT molecular complexity index is 2760. The zero-order valence-corrected chi connectivity index (χ0v) is 31.3. The maximum atomic E-state index is 5.21. The average Bonchev–Trinajstić information content (AvgIpc) is 3.65. The van der Waals surface area contributed by atoms with E-state index in [4.69, 9.17) is 15.0 Å². The average molecular weight is 726 g/mol. The number of rotatable bonds is 7. The van der Waals surface area contributed by atoms with Crippen LogP contribution in [0, 0.1) is 0 Å². The Hall–Kier alpha value is -6.23. The van der Waals surface area contributed by atoms with Crippen molar-refractivity contribution in [2.75, 3.05) is 0 Å². The number of hydrogen-bond acceptors (Lipinski definition) is 4. The molecule has 2 heterocycles. The maximum Gasteiger partial charge on any atom is 0.164 e. The van der Waals surface area contributed by atoms with Crippen molar-refractivity contribution in [3.05, 3.63) is 198 Å². The van der Waals surface area contributed by atoms with Crippen molar-refractivity contribution in [3.8, 4) is 22.5 Å². The summed E-state index contributed by atoms with van der Waals surface area (Å²) in [5.41, 5.74) is 11.9. The minimum Gasteiger partial charge on any atom is -0.209 e. The third kappa shape index (κ3) is 6.75. The molecule has 0 fully saturated rings. The van der Waals surface area contributed by atoms with Crippen molar-refractivity contribution in [2.24, 2.45) is 0 Å². The summed E-state index contributed by atoms with van der Waals surface area (Å²) >= 11 is 1.87. The van der Waals surface area contributed by atoms with Gasteiger partial charge in [-0.2, -0.15) is 0 Å². The van der Waals surface area contributed by atoms with Crippen molar-refractivity contribution in [1.29, 1.82) is 0 Å². The van der Waals surface area contributed by atoms with Crippen molar-refractivity contribution in [3.63, 3.8) is 0 Å². The highest BCUT2D eigenvalue weighted by atomic mass is 32.1. The molecule has 0 N–H and O–H groups in total. The Morgan fingerprint density at radius 2 is 1.07 bits per heavy atom. The van der Waals surface area contributed by atoms with E-state index < -0.39 is 0 Å². The minimum absolute atomic E-state index is 0.129. The molecule has 1 unspecified atom stereocenters. The highest BCUT2D eigenvalue weighted by Crippen LogP contribution is 2.43. The smallest absolute Gasteiger partial charge is 0.164 e. The van der Waals surface area contributed by atoms with Crippen LogP contribution in [0.1, 0.15) is 66.4 Å². The summed E-state index contributed by atoms with van der Waals surface area (Å²) in [6.45, 7) is 0. The van der Waals surface area contributed by atoms with E-state index in [-0.39, 0.29) is 5.92 Å². The van der Waals surface area contributed by atoms with Crippen LogP contribution in [0.2, 0.25) is 0 Å². The second-order valence-corrected chi connectivity index (χ2v) is 15.6. The molecule has 0 saturated carbocycles. The van der Waals surface area contributed by atoms with E-state index >= 15 is 0 Å². The van der Waals surface area contributed by atoms with Crippen LogP contribution in [0.25, 0.3) is 65.0 Å². The number of aromatic nitrogens is 3. The van der Waals surface area contributed by atoms with Crippen molar-refractivity contribution in [1.82, 2.24) is 15.0 Å². The van der Waals surface area contributed by atoms with Gasteiger partial charge in [-0.15, -0.1) is 11.3 Å². The van der Waals surface area contributed by atoms with E-state index in [2.05, 4.69) is 152 Å². The van der Waals surface area contributed by atoms with Crippen LogP contribution in [0.4, 0.5) is 0 Å². The molecule has 0 amide bonds. The molecule has 3 aliphatic rings. The first-order chi connectivity index (χ1) is 27.2. The van der Waals surface area contributed by atoms with Gasteiger partial charge in [-0.3, -0.25) is 0 Å². The molecule has 0 radical (unpaired) electrons. The van der Waals surface area contributed by atoms with Crippen molar-refractivity contribution in [2.45, 2.75) is 38.0 Å². The molecule has 264 valence electrons. The van der Waals surface area contributed by atoms with Crippen molar-refractivity contribution < 1.29 is 0 Å². The van der Waals surface area contributed by atoms with Crippen LogP contribution in [-0.2, 0) is 0 Å². The molecule has 5 aromatic carbocycles. The zero-order chi connectivity index (χ0) is 36.6. The summed E-state index contributed by atoms with van der Waals surface area (Å²) in [6.07, 6.45) is 23.3. The quantitative estimate of drug-likeness (QED) is 0.164. The van der Waals surface area contributed by atoms with Gasteiger partial charge in [-0.05, 0) is 107 Å². The summed E-state index contributed by atoms with van der Waals surface area (Å²) in [5, 5.41) is 2.62. The third-order valence-corrected chi connectivity index (χ3v) is 12.1. The number of nitrogens with zero attached hydrogens (tertiary/aromatic N) is 3. The Kier molecular flexibility index (Phi) is 8.82. The maximum absolute atomic E-state index is 5.21. The van der Waals surface area contributed by atoms with Gasteiger partial charge in [0.1, 0.15) is 0 Å². The highest BCUT2D eigenvalue weighted by molar-refractivity contribution is 7.25. The van der Waals surface area contributed by atoms with E-state index in [9.17, 15) is 0 Å². The first-order valence-corrected chi connectivity index (χ1v) is 20.1. The van der Waals surface area contributed by atoms with E-state index in [1.54, 1.807) is 0 Å². The predicted molar refractivity (Wildman–Crippen MR) is 232 cm³/mol. The van der Waals surface area contributed by atoms with Gasteiger partial charge in [0.25, 0.3) is 0 Å². The summed E-state index contributed by atoms with van der Waals surface area (Å²) < 4.78 is 2.62. The molecular weight excluding hydrogens is 687 g/mol. The Morgan fingerprint density at radius 3 is 1.78 bits per heavy atom. The molecule has 4 heteroatoms. The molecule has 55 heavy (non-hydrogen) atoms. The van der Waals surface area contributed by atoms with E-state index in [0.29, 0.717) is 5.82 Å². The van der Waals surface area contributed by atoms with Gasteiger partial charge in [-0.1, -0.05) is 140 Å². The monoisotopic (exact) mass is 725 g/mol. The number of allylic oxidation sites excluding steroid dienone is 12. The lowest BCUT2D eigenvalue weighted by molar-refractivity contribution is 0.855. The molecule has 2 aromatic heterocycles. The fourth-order valence-corrected chi connectivity index (χ4v) is 9.09. The first kappa shape index (κ1) is 33.3. The zero-order valence-electron chi connectivity index (χ0n) is 30.5. The summed E-state index contributed by atoms with van der Waals surface area (Å²) in [7, 11) is 0. The van der Waals surface area contributed by atoms with Crippen molar-refractivity contribution >= 4 is 53.8 Å². The lowest BCUT2D eigenvalue weighted by atomic mass is 9.82. The number of thiophene rings is 1. The lowest BCUT2D eigenvalue weighted by Gasteiger charge is -2.23. The molecule has 1 atom stereocenters. The van der Waals surface area contributed by atoms with Gasteiger partial charge in [0.05, 0.1) is 0 Å². The molecule has 0 saturated heterocycles. The molecule has 3 nitrogen and oxygen atoms in total. The number of benzene rings is 5. The van der Waals surface area contributed by atoms with Gasteiger partial charge >= 0.3 is 0 Å². The van der Waals surface area contributed by atoms with Crippen LogP contribution in [0.15, 0.2) is 170 Å².